The second-order valence-electron chi connectivity index (χ2n) is 7.43. The van der Waals surface area contributed by atoms with Gasteiger partial charge in [0, 0.05) is 12.1 Å². The number of rotatable bonds is 5. The highest BCUT2D eigenvalue weighted by molar-refractivity contribution is 7.11. The number of amides is 1. The molecule has 0 bridgehead atoms. The van der Waals surface area contributed by atoms with Crippen molar-refractivity contribution >= 4 is 40.0 Å². The predicted molar refractivity (Wildman–Crippen MR) is 125 cm³/mol. The van der Waals surface area contributed by atoms with Gasteiger partial charge in [-0.1, -0.05) is 24.3 Å². The molecule has 0 saturated heterocycles. The molecular weight excluding hydrogens is 442 g/mol. The van der Waals surface area contributed by atoms with Gasteiger partial charge in [-0.2, -0.15) is 0 Å². The molecule has 0 unspecified atom stereocenters. The minimum atomic E-state index is -0.270. The van der Waals surface area contributed by atoms with Crippen molar-refractivity contribution in [1.29, 1.82) is 0 Å². The van der Waals surface area contributed by atoms with E-state index in [1.54, 1.807) is 11.6 Å². The van der Waals surface area contributed by atoms with E-state index in [-0.39, 0.29) is 24.9 Å². The number of thiazole rings is 1. The minimum Gasteiger partial charge on any atom is -0.368 e. The summed E-state index contributed by atoms with van der Waals surface area (Å²) in [5, 5.41) is 7.44. The smallest absolute Gasteiger partial charge is 0.268 e. The molecular formula is C22H21N7O3S. The molecule has 0 saturated carbocycles. The number of anilines is 2. The molecule has 6 N–H and O–H groups in total. The molecule has 1 aromatic carbocycles. The Labute approximate surface area is 193 Å². The lowest BCUT2D eigenvalue weighted by Crippen LogP contribution is -2.33. The van der Waals surface area contributed by atoms with Crippen LogP contribution in [0.5, 0.6) is 0 Å². The summed E-state index contributed by atoms with van der Waals surface area (Å²) in [6.07, 6.45) is 5.19. The second kappa shape index (κ2) is 8.54. The Hall–Kier alpha value is -3.93. The number of allylic oxidation sites excluding steroid dienone is 2. The number of fused-ring (bicyclic) bond motifs is 1. The number of para-hydroxylation sites is 1. The quantitative estimate of drug-likeness (QED) is 0.331. The normalized spacial score (nSPS) is 15.2. The van der Waals surface area contributed by atoms with Crippen molar-refractivity contribution in [2.24, 2.45) is 5.84 Å². The number of nitrogens with one attached hydrogen (secondary N) is 2. The van der Waals surface area contributed by atoms with Gasteiger partial charge in [-0.15, -0.1) is 11.3 Å². The number of carbonyl (C=O) groups is 2. The number of nitrogens with two attached hydrogens (primary N) is 2. The standard InChI is InChI=1S/C22H21N7O3S/c23-28(14-4-2-1-3-5-14)21-19-15(10-32-11-16(19)30)29(24)20(21)13-6-7-26-18(8-13)27-22(31)17-9-25-12-33-17/h1-6,8-9,12,26H,7,10-11,23-24H2,(H,27,31). The zero-order chi connectivity index (χ0) is 22.9. The average Bonchev–Trinajstić information content (AvgIpc) is 3.47. The van der Waals surface area contributed by atoms with Crippen LogP contribution in [0.1, 0.15) is 31.4 Å². The van der Waals surface area contributed by atoms with E-state index in [1.165, 1.54) is 27.2 Å². The van der Waals surface area contributed by atoms with Crippen molar-refractivity contribution in [3.05, 3.63) is 81.8 Å². The molecule has 5 rings (SSSR count). The summed E-state index contributed by atoms with van der Waals surface area (Å²) < 4.78 is 6.87. The molecule has 4 heterocycles. The maximum atomic E-state index is 12.8. The molecule has 2 aliphatic rings. The minimum absolute atomic E-state index is 0.0430. The molecule has 168 valence electrons. The van der Waals surface area contributed by atoms with E-state index in [0.717, 1.165) is 0 Å². The molecule has 11 heteroatoms. The van der Waals surface area contributed by atoms with E-state index < -0.39 is 0 Å². The lowest BCUT2D eigenvalue weighted by Gasteiger charge is -2.23. The van der Waals surface area contributed by atoms with Gasteiger partial charge in [0.2, 0.25) is 0 Å². The van der Waals surface area contributed by atoms with E-state index in [9.17, 15) is 9.59 Å². The van der Waals surface area contributed by atoms with Gasteiger partial charge >= 0.3 is 0 Å². The van der Waals surface area contributed by atoms with E-state index >= 15 is 0 Å². The first-order valence-electron chi connectivity index (χ1n) is 10.1. The number of nitrogens with zero attached hydrogens (tertiary/aromatic N) is 3. The van der Waals surface area contributed by atoms with Gasteiger partial charge in [0.05, 0.1) is 46.6 Å². The monoisotopic (exact) mass is 463 g/mol. The van der Waals surface area contributed by atoms with E-state index in [0.29, 0.717) is 51.1 Å². The van der Waals surface area contributed by atoms with E-state index in [2.05, 4.69) is 15.6 Å². The number of carbonyl (C=O) groups excluding carboxylic acids is 2. The summed E-state index contributed by atoms with van der Waals surface area (Å²) in [4.78, 5) is 29.8. The van der Waals surface area contributed by atoms with E-state index in [1.807, 2.05) is 36.4 Å². The highest BCUT2D eigenvalue weighted by atomic mass is 32.1. The lowest BCUT2D eigenvalue weighted by atomic mass is 10.0. The molecule has 2 aliphatic heterocycles. The second-order valence-corrected chi connectivity index (χ2v) is 8.31. The molecule has 10 nitrogen and oxygen atoms in total. The molecule has 33 heavy (non-hydrogen) atoms. The Morgan fingerprint density at radius 3 is 2.85 bits per heavy atom. The predicted octanol–water partition coefficient (Wildman–Crippen LogP) is 1.64. The number of hydrogen-bond donors (Lipinski definition) is 4. The summed E-state index contributed by atoms with van der Waals surface area (Å²) in [5.74, 6) is 13.0. The number of aromatic nitrogens is 2. The molecule has 1 amide bonds. The summed E-state index contributed by atoms with van der Waals surface area (Å²) in [6, 6.07) is 9.31. The van der Waals surface area contributed by atoms with Crippen LogP contribution in [-0.2, 0) is 11.3 Å². The van der Waals surface area contributed by atoms with Crippen molar-refractivity contribution in [3.63, 3.8) is 0 Å². The maximum Gasteiger partial charge on any atom is 0.268 e. The average molecular weight is 464 g/mol. The Morgan fingerprint density at radius 1 is 1.27 bits per heavy atom. The number of nitrogen functional groups attached to an aromatic ring is 1. The number of ether oxygens (including phenoxy) is 1. The first kappa shape index (κ1) is 20.9. The van der Waals surface area contributed by atoms with Gasteiger partial charge < -0.3 is 21.2 Å². The fourth-order valence-corrected chi connectivity index (χ4v) is 4.41. The third kappa shape index (κ3) is 3.78. The van der Waals surface area contributed by atoms with Crippen LogP contribution in [0.4, 0.5) is 11.4 Å². The highest BCUT2D eigenvalue weighted by Crippen LogP contribution is 2.40. The number of Topliss-reactive ketones (excluding diaryl/α,β-unsaturated/α-hetero) is 1. The fourth-order valence-electron chi connectivity index (χ4n) is 3.89. The van der Waals surface area contributed by atoms with Crippen LogP contribution in [0.2, 0.25) is 0 Å². The fraction of sp³-hybridized carbons (Fsp3) is 0.136. The summed E-state index contributed by atoms with van der Waals surface area (Å²) >= 11 is 1.25. The molecule has 0 spiro atoms. The first-order valence-corrected chi connectivity index (χ1v) is 11.0. The van der Waals surface area contributed by atoms with Crippen LogP contribution < -0.4 is 27.3 Å². The van der Waals surface area contributed by atoms with Crippen molar-refractivity contribution in [2.45, 2.75) is 6.61 Å². The van der Waals surface area contributed by atoms with Crippen molar-refractivity contribution in [1.82, 2.24) is 20.3 Å². The van der Waals surface area contributed by atoms with Gasteiger partial charge in [-0.25, -0.2) is 5.84 Å². The molecule has 3 aromatic rings. The number of hydrazine groups is 1. The zero-order valence-corrected chi connectivity index (χ0v) is 18.3. The topological polar surface area (TPSA) is 141 Å². The molecule has 0 atom stereocenters. The van der Waals surface area contributed by atoms with Crippen LogP contribution >= 0.6 is 11.3 Å². The summed E-state index contributed by atoms with van der Waals surface area (Å²) in [5.41, 5.74) is 5.03. The van der Waals surface area contributed by atoms with Gasteiger partial charge in [0.1, 0.15) is 17.3 Å². The van der Waals surface area contributed by atoms with Crippen LogP contribution in [0, 0.1) is 0 Å². The van der Waals surface area contributed by atoms with Crippen molar-refractivity contribution in [3.8, 4) is 0 Å². The van der Waals surface area contributed by atoms with Gasteiger partial charge in [-0.05, 0) is 18.2 Å². The van der Waals surface area contributed by atoms with Crippen molar-refractivity contribution in [2.75, 3.05) is 24.0 Å². The molecule has 2 aromatic heterocycles. The number of hydrogen-bond acceptors (Lipinski definition) is 9. The zero-order valence-electron chi connectivity index (χ0n) is 17.4. The molecule has 0 aliphatic carbocycles. The lowest BCUT2D eigenvalue weighted by molar-refractivity contribution is 0.0653. The third-order valence-electron chi connectivity index (χ3n) is 5.40. The molecule has 0 fully saturated rings. The third-order valence-corrected chi connectivity index (χ3v) is 6.17. The molecule has 0 radical (unpaired) electrons. The highest BCUT2D eigenvalue weighted by Gasteiger charge is 2.33. The number of benzene rings is 1. The summed E-state index contributed by atoms with van der Waals surface area (Å²) in [6.45, 7) is 0.593. The van der Waals surface area contributed by atoms with Crippen LogP contribution in [0.3, 0.4) is 0 Å². The van der Waals surface area contributed by atoms with Gasteiger partial charge in [0.25, 0.3) is 5.91 Å². The van der Waals surface area contributed by atoms with Gasteiger partial charge in [0.15, 0.2) is 5.78 Å². The van der Waals surface area contributed by atoms with Crippen LogP contribution in [0.15, 0.2) is 60.0 Å². The Bertz CT molecular complexity index is 1280. The number of dihydropyridines is 1. The largest absolute Gasteiger partial charge is 0.368 e. The summed E-state index contributed by atoms with van der Waals surface area (Å²) in [7, 11) is 0. The van der Waals surface area contributed by atoms with E-state index in [4.69, 9.17) is 16.4 Å². The first-order chi connectivity index (χ1) is 16.0. The Balaban J connectivity index is 1.59. The number of ketones is 1. The van der Waals surface area contributed by atoms with Crippen LogP contribution in [0.25, 0.3) is 5.57 Å². The maximum absolute atomic E-state index is 12.8. The van der Waals surface area contributed by atoms with Gasteiger partial charge in [-0.3, -0.25) is 24.3 Å². The Kier molecular flexibility index (Phi) is 5.42. The van der Waals surface area contributed by atoms with Crippen LogP contribution in [-0.4, -0.2) is 34.5 Å². The SMILES string of the molecule is NN(c1ccccc1)c1c2c(n(N)c1C1=CCNC(NC(=O)c3cncs3)=C1)COCC2=O. The Morgan fingerprint density at radius 2 is 2.09 bits per heavy atom. The van der Waals surface area contributed by atoms with Crippen molar-refractivity contribution < 1.29 is 14.3 Å².